The zero-order chi connectivity index (χ0) is 22.4. The highest BCUT2D eigenvalue weighted by Gasteiger charge is 2.15. The first kappa shape index (κ1) is 22.8. The monoisotopic (exact) mass is 437 g/mol. The fraction of sp³-hybridized carbons (Fsp3) is 0.360. The number of ether oxygens (including phenoxy) is 1. The Balaban J connectivity index is 1.90. The van der Waals surface area contributed by atoms with Crippen LogP contribution < -0.4 is 15.6 Å². The summed E-state index contributed by atoms with van der Waals surface area (Å²) in [5, 5.41) is 5.06. The summed E-state index contributed by atoms with van der Waals surface area (Å²) >= 11 is 5.70. The van der Waals surface area contributed by atoms with Crippen molar-refractivity contribution in [3.63, 3.8) is 0 Å². The Labute approximate surface area is 189 Å². The summed E-state index contributed by atoms with van der Waals surface area (Å²) in [4.78, 5) is 17.9. The predicted molar refractivity (Wildman–Crippen MR) is 132 cm³/mol. The minimum Gasteiger partial charge on any atom is -0.497 e. The highest BCUT2D eigenvalue weighted by Crippen LogP contribution is 2.20. The molecule has 0 bridgehead atoms. The van der Waals surface area contributed by atoms with Gasteiger partial charge in [-0.05, 0) is 73.4 Å². The van der Waals surface area contributed by atoms with Crippen molar-refractivity contribution in [3.8, 4) is 5.75 Å². The molecule has 0 unspecified atom stereocenters. The predicted octanol–water partition coefficient (Wildman–Crippen LogP) is 4.83. The van der Waals surface area contributed by atoms with Gasteiger partial charge in [0.2, 0.25) is 0 Å². The van der Waals surface area contributed by atoms with Gasteiger partial charge >= 0.3 is 0 Å². The van der Waals surface area contributed by atoms with Crippen LogP contribution in [0.5, 0.6) is 5.75 Å². The lowest BCUT2D eigenvalue weighted by molar-refractivity contribution is 0.395. The van der Waals surface area contributed by atoms with E-state index in [2.05, 4.69) is 30.2 Å². The van der Waals surface area contributed by atoms with Crippen molar-refractivity contribution < 1.29 is 4.74 Å². The van der Waals surface area contributed by atoms with Crippen LogP contribution in [0, 0.1) is 13.8 Å². The maximum absolute atomic E-state index is 12.8. The van der Waals surface area contributed by atoms with Crippen molar-refractivity contribution >= 4 is 28.2 Å². The van der Waals surface area contributed by atoms with Crippen LogP contribution in [0.15, 0.2) is 47.3 Å². The molecule has 0 atom stereocenters. The van der Waals surface area contributed by atoms with Gasteiger partial charge in [-0.3, -0.25) is 4.79 Å². The van der Waals surface area contributed by atoms with E-state index in [4.69, 9.17) is 17.0 Å². The van der Waals surface area contributed by atoms with E-state index >= 15 is 0 Å². The molecule has 31 heavy (non-hydrogen) atoms. The van der Waals surface area contributed by atoms with Gasteiger partial charge in [-0.2, -0.15) is 0 Å². The van der Waals surface area contributed by atoms with Crippen LogP contribution >= 0.6 is 12.2 Å². The molecule has 5 nitrogen and oxygen atoms in total. The van der Waals surface area contributed by atoms with Crippen LogP contribution in [-0.4, -0.2) is 28.7 Å². The average molecular weight is 438 g/mol. The van der Waals surface area contributed by atoms with Gasteiger partial charge in [0, 0.05) is 29.6 Å². The largest absolute Gasteiger partial charge is 0.497 e. The Morgan fingerprint density at radius 2 is 1.87 bits per heavy atom. The summed E-state index contributed by atoms with van der Waals surface area (Å²) in [6, 6.07) is 14.1. The molecule has 1 heterocycles. The van der Waals surface area contributed by atoms with Gasteiger partial charge in [-0.15, -0.1) is 0 Å². The number of nitrogens with one attached hydrogen (secondary N) is 2. The quantitative estimate of drug-likeness (QED) is 0.390. The molecule has 2 aromatic carbocycles. The third-order valence-electron chi connectivity index (χ3n) is 5.38. The van der Waals surface area contributed by atoms with Gasteiger partial charge in [0.1, 0.15) is 5.75 Å². The first-order chi connectivity index (χ1) is 14.9. The Bertz CT molecular complexity index is 1110. The number of benzene rings is 2. The Hall–Kier alpha value is -2.86. The maximum atomic E-state index is 12.8. The lowest BCUT2D eigenvalue weighted by Crippen LogP contribution is -2.40. The molecule has 1 aromatic heterocycles. The molecule has 2 N–H and O–H groups in total. The number of hydrogen-bond acceptors (Lipinski definition) is 3. The Kier molecular flexibility index (Phi) is 7.69. The summed E-state index contributed by atoms with van der Waals surface area (Å²) in [6.07, 6.45) is 2.14. The zero-order valence-electron chi connectivity index (χ0n) is 18.7. The van der Waals surface area contributed by atoms with E-state index in [9.17, 15) is 4.79 Å². The Morgan fingerprint density at radius 3 is 2.55 bits per heavy atom. The van der Waals surface area contributed by atoms with Gasteiger partial charge < -0.3 is 19.9 Å². The summed E-state index contributed by atoms with van der Waals surface area (Å²) in [7, 11) is 1.66. The van der Waals surface area contributed by atoms with Crippen LogP contribution in [0.4, 0.5) is 0 Å². The highest BCUT2D eigenvalue weighted by molar-refractivity contribution is 7.80. The number of hydrogen-bond donors (Lipinski definition) is 2. The van der Waals surface area contributed by atoms with Crippen molar-refractivity contribution in [1.82, 2.24) is 15.2 Å². The molecule has 164 valence electrons. The van der Waals surface area contributed by atoms with Crippen LogP contribution in [-0.2, 0) is 13.1 Å². The molecule has 0 radical (unpaired) electrons. The number of rotatable bonds is 8. The highest BCUT2D eigenvalue weighted by atomic mass is 32.1. The molecule has 0 aliphatic heterocycles. The van der Waals surface area contributed by atoms with Gasteiger partial charge in [0.05, 0.1) is 13.7 Å². The topological polar surface area (TPSA) is 57.4 Å². The third kappa shape index (κ3) is 5.85. The van der Waals surface area contributed by atoms with Crippen LogP contribution in [0.2, 0.25) is 0 Å². The molecule has 0 fully saturated rings. The molecule has 0 amide bonds. The first-order valence-electron chi connectivity index (χ1n) is 10.7. The Morgan fingerprint density at radius 1 is 1.13 bits per heavy atom. The summed E-state index contributed by atoms with van der Waals surface area (Å²) in [5.74, 6) is 0.815. The van der Waals surface area contributed by atoms with Gasteiger partial charge in [-0.25, -0.2) is 0 Å². The molecule has 3 aromatic rings. The molecule has 3 rings (SSSR count). The first-order valence-corrected chi connectivity index (χ1v) is 11.1. The number of methoxy groups -OCH3 is 1. The second-order valence-corrected chi connectivity index (χ2v) is 8.34. The second kappa shape index (κ2) is 10.4. The second-order valence-electron chi connectivity index (χ2n) is 7.96. The van der Waals surface area contributed by atoms with E-state index in [0.29, 0.717) is 23.8 Å². The lowest BCUT2D eigenvalue weighted by atomic mass is 10.0. The SMILES string of the molecule is CCCCNC(=S)N(Cc1ccc(OC)cc1)Cc1cc2c(C)cc(C)cc2[nH]c1=O. The van der Waals surface area contributed by atoms with E-state index in [0.717, 1.165) is 52.7 Å². The number of nitrogens with zero attached hydrogens (tertiary/aromatic N) is 1. The van der Waals surface area contributed by atoms with E-state index in [1.807, 2.05) is 48.2 Å². The van der Waals surface area contributed by atoms with Crippen LogP contribution in [0.3, 0.4) is 0 Å². The molecule has 0 saturated heterocycles. The normalized spacial score (nSPS) is 10.8. The molecular weight excluding hydrogens is 406 g/mol. The number of aromatic amines is 1. The number of unbranched alkanes of at least 4 members (excludes halogenated alkanes) is 1. The zero-order valence-corrected chi connectivity index (χ0v) is 19.6. The summed E-state index contributed by atoms with van der Waals surface area (Å²) in [5.41, 5.74) is 4.89. The van der Waals surface area contributed by atoms with E-state index in [1.54, 1.807) is 7.11 Å². The van der Waals surface area contributed by atoms with Crippen molar-refractivity contribution in [2.45, 2.75) is 46.7 Å². The smallest absolute Gasteiger partial charge is 0.253 e. The fourth-order valence-corrected chi connectivity index (χ4v) is 3.91. The van der Waals surface area contributed by atoms with Gasteiger partial charge in [0.25, 0.3) is 5.56 Å². The standard InChI is InChI=1S/C25H31N3O2S/c1-5-6-11-26-25(31)28(15-19-7-9-21(30-4)10-8-19)16-20-14-22-18(3)12-17(2)13-23(22)27-24(20)29/h7-10,12-14H,5-6,11,15-16H2,1-4H3,(H,26,31)(H,27,29). The van der Waals surface area contributed by atoms with E-state index < -0.39 is 0 Å². The number of aromatic nitrogens is 1. The van der Waals surface area contributed by atoms with Crippen LogP contribution in [0.1, 0.15) is 42.0 Å². The summed E-state index contributed by atoms with van der Waals surface area (Å²) < 4.78 is 5.26. The van der Waals surface area contributed by atoms with E-state index in [-0.39, 0.29) is 5.56 Å². The molecule has 0 spiro atoms. The molecule has 0 aliphatic carbocycles. The molecule has 0 aliphatic rings. The van der Waals surface area contributed by atoms with Crippen molar-refractivity contribution in [1.29, 1.82) is 0 Å². The van der Waals surface area contributed by atoms with Crippen molar-refractivity contribution in [3.05, 3.63) is 75.1 Å². The minimum atomic E-state index is -0.0754. The summed E-state index contributed by atoms with van der Waals surface area (Å²) in [6.45, 7) is 8.12. The van der Waals surface area contributed by atoms with Crippen LogP contribution in [0.25, 0.3) is 10.9 Å². The number of thiocarbonyl (C=S) groups is 1. The van der Waals surface area contributed by atoms with Crippen molar-refractivity contribution in [2.24, 2.45) is 0 Å². The van der Waals surface area contributed by atoms with E-state index in [1.165, 1.54) is 0 Å². The minimum absolute atomic E-state index is 0.0754. The van der Waals surface area contributed by atoms with Gasteiger partial charge in [0.15, 0.2) is 5.11 Å². The molecular formula is C25H31N3O2S. The third-order valence-corrected chi connectivity index (χ3v) is 5.78. The number of aryl methyl sites for hydroxylation is 2. The number of H-pyrrole nitrogens is 1. The maximum Gasteiger partial charge on any atom is 0.253 e. The number of pyridine rings is 1. The fourth-order valence-electron chi connectivity index (χ4n) is 3.67. The molecule has 0 saturated carbocycles. The number of fused-ring (bicyclic) bond motifs is 1. The average Bonchev–Trinajstić information content (AvgIpc) is 2.74. The lowest BCUT2D eigenvalue weighted by Gasteiger charge is -2.26. The van der Waals surface area contributed by atoms with Gasteiger partial charge in [-0.1, -0.05) is 31.5 Å². The molecule has 6 heteroatoms. The van der Waals surface area contributed by atoms with Crippen molar-refractivity contribution in [2.75, 3.05) is 13.7 Å².